The van der Waals surface area contributed by atoms with Crippen LogP contribution in [-0.4, -0.2) is 49.5 Å². The van der Waals surface area contributed by atoms with Crippen LogP contribution >= 0.6 is 0 Å². The van der Waals surface area contributed by atoms with Crippen LogP contribution in [-0.2, 0) is 26.2 Å². The van der Waals surface area contributed by atoms with E-state index in [0.29, 0.717) is 5.69 Å². The number of anilines is 1. The van der Waals surface area contributed by atoms with Crippen LogP contribution in [0.2, 0.25) is 0 Å². The maximum atomic E-state index is 13.6. The first-order valence-corrected chi connectivity index (χ1v) is 13.2. The standard InChI is InChI=1S/C26H37N3O4S/c1-18-13-14-23(20(3)15-18)29(34(8,32)33)17-24(30)28(16-22-12-10-9-11-19(22)2)21(4)25(31)27-26(5,6)7/h9-15,21H,16-17H2,1-8H3,(H,27,31)/t21-/m1/s1. The van der Waals surface area contributed by atoms with Crippen LogP contribution in [0.25, 0.3) is 0 Å². The molecular formula is C26H37N3O4S. The minimum absolute atomic E-state index is 0.189. The molecule has 1 atom stereocenters. The van der Waals surface area contributed by atoms with Crippen LogP contribution in [0.3, 0.4) is 0 Å². The summed E-state index contributed by atoms with van der Waals surface area (Å²) in [5, 5.41) is 2.92. The fourth-order valence-electron chi connectivity index (χ4n) is 3.71. The molecule has 2 rings (SSSR count). The van der Waals surface area contributed by atoms with E-state index < -0.39 is 34.1 Å². The molecule has 186 valence electrons. The van der Waals surface area contributed by atoms with Gasteiger partial charge in [-0.05, 0) is 71.2 Å². The predicted molar refractivity (Wildman–Crippen MR) is 137 cm³/mol. The molecule has 0 spiro atoms. The molecule has 0 bridgehead atoms. The lowest BCUT2D eigenvalue weighted by Gasteiger charge is -2.33. The summed E-state index contributed by atoms with van der Waals surface area (Å²) in [6, 6.07) is 12.2. The van der Waals surface area contributed by atoms with E-state index in [4.69, 9.17) is 0 Å². The zero-order valence-electron chi connectivity index (χ0n) is 21.5. The number of aryl methyl sites for hydroxylation is 3. The predicted octanol–water partition coefficient (Wildman–Crippen LogP) is 3.71. The van der Waals surface area contributed by atoms with Crippen LogP contribution in [0.4, 0.5) is 5.69 Å². The van der Waals surface area contributed by atoms with E-state index in [0.717, 1.165) is 32.8 Å². The largest absolute Gasteiger partial charge is 0.350 e. The van der Waals surface area contributed by atoms with Gasteiger partial charge in [0.2, 0.25) is 21.8 Å². The van der Waals surface area contributed by atoms with Gasteiger partial charge in [-0.3, -0.25) is 13.9 Å². The molecule has 0 saturated carbocycles. The van der Waals surface area contributed by atoms with Gasteiger partial charge < -0.3 is 10.2 Å². The zero-order valence-corrected chi connectivity index (χ0v) is 22.3. The number of amides is 2. The van der Waals surface area contributed by atoms with E-state index in [9.17, 15) is 18.0 Å². The number of nitrogens with one attached hydrogen (secondary N) is 1. The molecule has 2 aromatic rings. The minimum Gasteiger partial charge on any atom is -0.350 e. The molecule has 0 unspecified atom stereocenters. The van der Waals surface area contributed by atoms with Gasteiger partial charge in [-0.25, -0.2) is 8.42 Å². The summed E-state index contributed by atoms with van der Waals surface area (Å²) < 4.78 is 26.5. The van der Waals surface area contributed by atoms with Crippen molar-refractivity contribution in [3.8, 4) is 0 Å². The zero-order chi connectivity index (χ0) is 25.8. The second-order valence-corrected chi connectivity index (χ2v) is 11.8. The highest BCUT2D eigenvalue weighted by molar-refractivity contribution is 7.92. The van der Waals surface area contributed by atoms with Crippen LogP contribution in [0.5, 0.6) is 0 Å². The quantitative estimate of drug-likeness (QED) is 0.615. The Hall–Kier alpha value is -2.87. The second-order valence-electron chi connectivity index (χ2n) is 9.92. The average molecular weight is 488 g/mol. The van der Waals surface area contributed by atoms with Crippen molar-refractivity contribution in [2.75, 3.05) is 17.1 Å². The molecule has 0 fully saturated rings. The Balaban J connectivity index is 2.45. The number of benzene rings is 2. The Morgan fingerprint density at radius 3 is 2.15 bits per heavy atom. The maximum Gasteiger partial charge on any atom is 0.244 e. The fraction of sp³-hybridized carbons (Fsp3) is 0.462. The third-order valence-corrected chi connectivity index (χ3v) is 6.69. The van der Waals surface area contributed by atoms with Crippen molar-refractivity contribution in [1.82, 2.24) is 10.2 Å². The number of carbonyl (C=O) groups is 2. The summed E-state index contributed by atoms with van der Waals surface area (Å²) in [7, 11) is -3.75. The molecule has 0 heterocycles. The molecule has 2 aromatic carbocycles. The first kappa shape index (κ1) is 27.4. The molecule has 0 aliphatic carbocycles. The molecule has 0 aliphatic heterocycles. The Labute approximate surface area is 204 Å². The van der Waals surface area contributed by atoms with Gasteiger partial charge in [0.1, 0.15) is 12.6 Å². The van der Waals surface area contributed by atoms with Crippen molar-refractivity contribution in [1.29, 1.82) is 0 Å². The number of carbonyl (C=O) groups excluding carboxylic acids is 2. The van der Waals surface area contributed by atoms with E-state index in [1.165, 1.54) is 4.90 Å². The summed E-state index contributed by atoms with van der Waals surface area (Å²) in [6.45, 7) is 12.7. The summed E-state index contributed by atoms with van der Waals surface area (Å²) >= 11 is 0. The number of nitrogens with zero attached hydrogens (tertiary/aromatic N) is 2. The van der Waals surface area contributed by atoms with E-state index in [2.05, 4.69) is 5.32 Å². The Morgan fingerprint density at radius 1 is 1.00 bits per heavy atom. The van der Waals surface area contributed by atoms with Gasteiger partial charge >= 0.3 is 0 Å². The summed E-state index contributed by atoms with van der Waals surface area (Å²) in [5.41, 5.74) is 3.60. The lowest BCUT2D eigenvalue weighted by Crippen LogP contribution is -2.54. The van der Waals surface area contributed by atoms with Crippen molar-refractivity contribution in [2.45, 2.75) is 66.6 Å². The third kappa shape index (κ3) is 7.32. The Morgan fingerprint density at radius 2 is 1.62 bits per heavy atom. The van der Waals surface area contributed by atoms with Gasteiger partial charge in [0.15, 0.2) is 0 Å². The van der Waals surface area contributed by atoms with Crippen LogP contribution in [0.15, 0.2) is 42.5 Å². The van der Waals surface area contributed by atoms with Gasteiger partial charge in [-0.1, -0.05) is 42.0 Å². The van der Waals surface area contributed by atoms with Crippen molar-refractivity contribution >= 4 is 27.5 Å². The topological polar surface area (TPSA) is 86.8 Å². The van der Waals surface area contributed by atoms with Crippen molar-refractivity contribution < 1.29 is 18.0 Å². The van der Waals surface area contributed by atoms with Gasteiger partial charge in [0, 0.05) is 12.1 Å². The van der Waals surface area contributed by atoms with Crippen LogP contribution in [0, 0.1) is 20.8 Å². The van der Waals surface area contributed by atoms with Gasteiger partial charge in [0.05, 0.1) is 11.9 Å². The molecule has 7 nitrogen and oxygen atoms in total. The first-order valence-electron chi connectivity index (χ1n) is 11.3. The second kappa shape index (κ2) is 10.6. The molecule has 0 aliphatic rings. The van der Waals surface area contributed by atoms with E-state index in [1.54, 1.807) is 13.0 Å². The summed E-state index contributed by atoms with van der Waals surface area (Å²) in [6.07, 6.45) is 1.08. The Kier molecular flexibility index (Phi) is 8.53. The van der Waals surface area contributed by atoms with Crippen LogP contribution < -0.4 is 9.62 Å². The number of sulfonamides is 1. The molecule has 0 aromatic heterocycles. The third-order valence-electron chi connectivity index (χ3n) is 5.57. The average Bonchev–Trinajstić information content (AvgIpc) is 2.69. The highest BCUT2D eigenvalue weighted by Crippen LogP contribution is 2.24. The van der Waals surface area contributed by atoms with Crippen molar-refractivity contribution in [2.24, 2.45) is 0 Å². The summed E-state index contributed by atoms with van der Waals surface area (Å²) in [4.78, 5) is 28.1. The van der Waals surface area contributed by atoms with Gasteiger partial charge in [-0.2, -0.15) is 0 Å². The van der Waals surface area contributed by atoms with Gasteiger partial charge in [0.25, 0.3) is 0 Å². The molecule has 0 radical (unpaired) electrons. The van der Waals surface area contributed by atoms with Crippen LogP contribution in [0.1, 0.15) is 49.9 Å². The highest BCUT2D eigenvalue weighted by atomic mass is 32.2. The maximum absolute atomic E-state index is 13.6. The summed E-state index contributed by atoms with van der Waals surface area (Å²) in [5.74, 6) is -0.753. The van der Waals surface area contributed by atoms with E-state index in [1.807, 2.05) is 77.9 Å². The molecule has 1 N–H and O–H groups in total. The SMILES string of the molecule is Cc1ccc(N(CC(=O)N(Cc2ccccc2C)[C@H](C)C(=O)NC(C)(C)C)S(C)(=O)=O)c(C)c1. The van der Waals surface area contributed by atoms with Crippen molar-refractivity contribution in [3.05, 3.63) is 64.7 Å². The lowest BCUT2D eigenvalue weighted by molar-refractivity contribution is -0.140. The molecule has 0 saturated heterocycles. The van der Waals surface area contributed by atoms with E-state index >= 15 is 0 Å². The normalized spacial score (nSPS) is 12.7. The molecule has 2 amide bonds. The van der Waals surface area contributed by atoms with Gasteiger partial charge in [-0.15, -0.1) is 0 Å². The van der Waals surface area contributed by atoms with E-state index in [-0.39, 0.29) is 12.5 Å². The minimum atomic E-state index is -3.75. The highest BCUT2D eigenvalue weighted by Gasteiger charge is 2.31. The molecular weight excluding hydrogens is 450 g/mol. The smallest absolute Gasteiger partial charge is 0.244 e. The number of hydrogen-bond acceptors (Lipinski definition) is 4. The van der Waals surface area contributed by atoms with Crippen molar-refractivity contribution in [3.63, 3.8) is 0 Å². The Bertz CT molecular complexity index is 1150. The number of rotatable bonds is 8. The number of hydrogen-bond donors (Lipinski definition) is 1. The monoisotopic (exact) mass is 487 g/mol. The first-order chi connectivity index (χ1) is 15.6. The molecule has 8 heteroatoms. The lowest BCUT2D eigenvalue weighted by atomic mass is 10.1. The fourth-order valence-corrected chi connectivity index (χ4v) is 4.61. The molecule has 34 heavy (non-hydrogen) atoms.